The second-order valence-corrected chi connectivity index (χ2v) is 7.17. The maximum Gasteiger partial charge on any atom is 0.207 e. The van der Waals surface area contributed by atoms with Gasteiger partial charge in [0.25, 0.3) is 0 Å². The number of hydrogen-bond donors (Lipinski definition) is 2. The Balaban J connectivity index is 1.77. The Morgan fingerprint density at radius 2 is 1.93 bits per heavy atom. The SMILES string of the molecule is CCO[C@H](C(=O)C1NCCO1)[C@H](O)c1c(C)cc(OCc2ccccc2)cc1C. The summed E-state index contributed by atoms with van der Waals surface area (Å²) in [7, 11) is 0. The number of benzene rings is 2. The van der Waals surface area contributed by atoms with Gasteiger partial charge in [-0.25, -0.2) is 0 Å². The maximum atomic E-state index is 12.8. The molecule has 3 atom stereocenters. The molecule has 0 bridgehead atoms. The van der Waals surface area contributed by atoms with Crippen LogP contribution in [0.5, 0.6) is 5.75 Å². The van der Waals surface area contributed by atoms with Crippen LogP contribution in [-0.4, -0.2) is 43.0 Å². The van der Waals surface area contributed by atoms with Crippen LogP contribution in [0.2, 0.25) is 0 Å². The summed E-state index contributed by atoms with van der Waals surface area (Å²) >= 11 is 0. The van der Waals surface area contributed by atoms with E-state index in [1.54, 1.807) is 6.92 Å². The smallest absolute Gasteiger partial charge is 0.207 e. The van der Waals surface area contributed by atoms with Gasteiger partial charge < -0.3 is 19.3 Å². The summed E-state index contributed by atoms with van der Waals surface area (Å²) in [6.45, 7) is 7.46. The van der Waals surface area contributed by atoms with E-state index in [0.29, 0.717) is 31.9 Å². The molecule has 0 radical (unpaired) electrons. The molecule has 6 heteroatoms. The summed E-state index contributed by atoms with van der Waals surface area (Å²) in [5, 5.41) is 14.0. The van der Waals surface area contributed by atoms with Gasteiger partial charge in [-0.2, -0.15) is 0 Å². The molecule has 1 heterocycles. The first kappa shape index (κ1) is 21.5. The molecule has 1 fully saturated rings. The second-order valence-electron chi connectivity index (χ2n) is 7.17. The van der Waals surface area contributed by atoms with E-state index in [0.717, 1.165) is 22.4 Å². The Morgan fingerprint density at radius 3 is 2.52 bits per heavy atom. The number of aliphatic hydroxyl groups excluding tert-OH is 1. The zero-order valence-electron chi connectivity index (χ0n) is 17.2. The number of nitrogens with one attached hydrogen (secondary N) is 1. The first-order valence-corrected chi connectivity index (χ1v) is 9.97. The third-order valence-corrected chi connectivity index (χ3v) is 5.00. The van der Waals surface area contributed by atoms with Gasteiger partial charge in [0.15, 0.2) is 6.23 Å². The van der Waals surface area contributed by atoms with Crippen LogP contribution in [0.15, 0.2) is 42.5 Å². The molecule has 1 unspecified atom stereocenters. The molecule has 6 nitrogen and oxygen atoms in total. The van der Waals surface area contributed by atoms with Gasteiger partial charge in [0.05, 0.1) is 6.61 Å². The summed E-state index contributed by atoms with van der Waals surface area (Å²) in [6, 6.07) is 13.7. The lowest BCUT2D eigenvalue weighted by molar-refractivity contribution is -0.148. The molecule has 29 heavy (non-hydrogen) atoms. The third-order valence-electron chi connectivity index (χ3n) is 5.00. The minimum atomic E-state index is -1.09. The number of ketones is 1. The number of Topliss-reactive ketones (excluding diaryl/α,β-unsaturated/α-hetero) is 1. The van der Waals surface area contributed by atoms with E-state index in [4.69, 9.17) is 14.2 Å². The van der Waals surface area contributed by atoms with E-state index < -0.39 is 18.4 Å². The fraction of sp³-hybridized carbons (Fsp3) is 0.435. The van der Waals surface area contributed by atoms with E-state index in [2.05, 4.69) is 5.32 Å². The number of rotatable bonds is 9. The van der Waals surface area contributed by atoms with Crippen molar-refractivity contribution in [3.63, 3.8) is 0 Å². The van der Waals surface area contributed by atoms with Crippen LogP contribution in [0.4, 0.5) is 0 Å². The van der Waals surface area contributed by atoms with E-state index in [1.807, 2.05) is 56.3 Å². The van der Waals surface area contributed by atoms with E-state index in [9.17, 15) is 9.90 Å². The molecule has 1 aliphatic heterocycles. The molecule has 3 rings (SSSR count). The average molecular weight is 399 g/mol. The lowest BCUT2D eigenvalue weighted by atomic mass is 9.92. The maximum absolute atomic E-state index is 12.8. The van der Waals surface area contributed by atoms with E-state index >= 15 is 0 Å². The Kier molecular flexibility index (Phi) is 7.39. The van der Waals surface area contributed by atoms with Gasteiger partial charge in [0.1, 0.15) is 24.6 Å². The fourth-order valence-corrected chi connectivity index (χ4v) is 3.64. The van der Waals surface area contributed by atoms with Crippen molar-refractivity contribution in [1.29, 1.82) is 0 Å². The Bertz CT molecular complexity index is 794. The molecule has 1 aliphatic rings. The van der Waals surface area contributed by atoms with Crippen LogP contribution in [0.1, 0.15) is 35.3 Å². The normalized spacial score (nSPS) is 18.4. The highest BCUT2D eigenvalue weighted by Gasteiger charge is 2.37. The van der Waals surface area contributed by atoms with Crippen LogP contribution in [0.3, 0.4) is 0 Å². The van der Waals surface area contributed by atoms with Crippen molar-refractivity contribution in [1.82, 2.24) is 5.32 Å². The highest BCUT2D eigenvalue weighted by molar-refractivity contribution is 5.88. The van der Waals surface area contributed by atoms with Crippen molar-refractivity contribution >= 4 is 5.78 Å². The summed E-state index contributed by atoms with van der Waals surface area (Å²) in [5.41, 5.74) is 3.46. The van der Waals surface area contributed by atoms with E-state index in [1.165, 1.54) is 0 Å². The number of aliphatic hydroxyl groups is 1. The summed E-state index contributed by atoms with van der Waals surface area (Å²) in [5.74, 6) is 0.430. The molecule has 2 aromatic rings. The Labute approximate surface area is 171 Å². The second kappa shape index (κ2) is 9.98. The van der Waals surface area contributed by atoms with Crippen molar-refractivity contribution in [3.05, 3.63) is 64.7 Å². The quantitative estimate of drug-likeness (QED) is 0.675. The van der Waals surface area contributed by atoms with Crippen LogP contribution < -0.4 is 10.1 Å². The van der Waals surface area contributed by atoms with Crippen molar-refractivity contribution in [2.45, 2.75) is 45.8 Å². The largest absolute Gasteiger partial charge is 0.489 e. The topological polar surface area (TPSA) is 77.0 Å². The van der Waals surface area contributed by atoms with Crippen molar-refractivity contribution in [2.75, 3.05) is 19.8 Å². The monoisotopic (exact) mass is 399 g/mol. The first-order valence-electron chi connectivity index (χ1n) is 9.97. The molecular formula is C23H29NO5. The third kappa shape index (κ3) is 5.22. The molecular weight excluding hydrogens is 370 g/mol. The lowest BCUT2D eigenvalue weighted by Gasteiger charge is -2.26. The number of carbonyl (C=O) groups is 1. The van der Waals surface area contributed by atoms with Crippen LogP contribution >= 0.6 is 0 Å². The zero-order valence-corrected chi connectivity index (χ0v) is 17.2. The molecule has 156 valence electrons. The Morgan fingerprint density at radius 1 is 1.24 bits per heavy atom. The first-order chi connectivity index (χ1) is 14.0. The average Bonchev–Trinajstić information content (AvgIpc) is 3.25. The van der Waals surface area contributed by atoms with Gasteiger partial charge in [-0.1, -0.05) is 30.3 Å². The molecule has 0 aliphatic carbocycles. The summed E-state index contributed by atoms with van der Waals surface area (Å²) in [4.78, 5) is 12.8. The molecule has 0 aromatic heterocycles. The molecule has 2 N–H and O–H groups in total. The van der Waals surface area contributed by atoms with Crippen molar-refractivity contribution < 1.29 is 24.1 Å². The van der Waals surface area contributed by atoms with Gasteiger partial charge >= 0.3 is 0 Å². The highest BCUT2D eigenvalue weighted by Crippen LogP contribution is 2.31. The van der Waals surface area contributed by atoms with Crippen LogP contribution in [0, 0.1) is 13.8 Å². The highest BCUT2D eigenvalue weighted by atomic mass is 16.5. The number of carbonyl (C=O) groups excluding carboxylic acids is 1. The van der Waals surface area contributed by atoms with Gasteiger partial charge in [-0.05, 0) is 55.2 Å². The fourth-order valence-electron chi connectivity index (χ4n) is 3.64. The van der Waals surface area contributed by atoms with Crippen molar-refractivity contribution in [3.8, 4) is 5.75 Å². The lowest BCUT2D eigenvalue weighted by Crippen LogP contribution is -2.44. The zero-order chi connectivity index (χ0) is 20.8. The predicted octanol–water partition coefficient (Wildman–Crippen LogP) is 2.84. The van der Waals surface area contributed by atoms with E-state index in [-0.39, 0.29) is 5.78 Å². The Hall–Kier alpha value is -2.25. The van der Waals surface area contributed by atoms with Gasteiger partial charge in [0, 0.05) is 13.2 Å². The van der Waals surface area contributed by atoms with Crippen molar-refractivity contribution in [2.24, 2.45) is 0 Å². The van der Waals surface area contributed by atoms with Crippen LogP contribution in [-0.2, 0) is 20.9 Å². The summed E-state index contributed by atoms with van der Waals surface area (Å²) < 4.78 is 17.0. The minimum Gasteiger partial charge on any atom is -0.489 e. The minimum absolute atomic E-state index is 0.292. The molecule has 0 amide bonds. The van der Waals surface area contributed by atoms with Gasteiger partial charge in [-0.3, -0.25) is 10.1 Å². The predicted molar refractivity (Wildman–Crippen MR) is 110 cm³/mol. The molecule has 2 aromatic carbocycles. The van der Waals surface area contributed by atoms with Crippen LogP contribution in [0.25, 0.3) is 0 Å². The molecule has 1 saturated heterocycles. The number of hydrogen-bond acceptors (Lipinski definition) is 6. The molecule has 0 spiro atoms. The number of aryl methyl sites for hydroxylation is 2. The molecule has 0 saturated carbocycles. The summed E-state index contributed by atoms with van der Waals surface area (Å²) in [6.07, 6.45) is -2.82. The number of ether oxygens (including phenoxy) is 3. The van der Waals surface area contributed by atoms with Gasteiger partial charge in [-0.15, -0.1) is 0 Å². The standard InChI is InChI=1S/C23H29NO5/c1-4-27-22(21(26)23-24-10-11-28-23)20(25)19-15(2)12-18(13-16(19)3)29-14-17-8-6-5-7-9-17/h5-9,12-13,20,22-25H,4,10-11,14H2,1-3H3/t20-,22+,23?/m1/s1. The van der Waals surface area contributed by atoms with Gasteiger partial charge in [0.2, 0.25) is 5.78 Å².